The lowest BCUT2D eigenvalue weighted by Gasteiger charge is -2.14. The molecule has 0 radical (unpaired) electrons. The van der Waals surface area contributed by atoms with Gasteiger partial charge in [0.15, 0.2) is 11.5 Å². The fourth-order valence-electron chi connectivity index (χ4n) is 2.68. The van der Waals surface area contributed by atoms with E-state index in [0.717, 1.165) is 22.6 Å². The van der Waals surface area contributed by atoms with Crippen molar-refractivity contribution in [2.75, 3.05) is 13.7 Å². The van der Waals surface area contributed by atoms with Crippen molar-refractivity contribution in [3.8, 4) is 22.6 Å². The number of nitrogens with one attached hydrogen (secondary N) is 1. The zero-order valence-electron chi connectivity index (χ0n) is 14.1. The zero-order chi connectivity index (χ0) is 16.4. The highest BCUT2D eigenvalue weighted by Gasteiger charge is 2.09. The minimum atomic E-state index is 0.475. The van der Waals surface area contributed by atoms with E-state index in [1.807, 2.05) is 6.07 Å². The molecular formula is C20H23NO2. The SMILES string of the molecule is COc1ccc(-c2ccc3[nH]c(C)cc3c2)cc1OCC(C)C. The summed E-state index contributed by atoms with van der Waals surface area (Å²) in [5.41, 5.74) is 4.64. The van der Waals surface area contributed by atoms with Crippen LogP contribution >= 0.6 is 0 Å². The molecule has 0 bridgehead atoms. The first-order chi connectivity index (χ1) is 11.1. The summed E-state index contributed by atoms with van der Waals surface area (Å²) in [5, 5.41) is 1.22. The van der Waals surface area contributed by atoms with Crippen LogP contribution < -0.4 is 9.47 Å². The summed E-state index contributed by atoms with van der Waals surface area (Å²) in [4.78, 5) is 3.35. The van der Waals surface area contributed by atoms with Gasteiger partial charge in [0, 0.05) is 16.6 Å². The van der Waals surface area contributed by atoms with Gasteiger partial charge in [-0.3, -0.25) is 0 Å². The number of fused-ring (bicyclic) bond motifs is 1. The van der Waals surface area contributed by atoms with Crippen LogP contribution in [0, 0.1) is 12.8 Å². The number of aromatic nitrogens is 1. The molecule has 3 nitrogen and oxygen atoms in total. The van der Waals surface area contributed by atoms with Gasteiger partial charge in [-0.2, -0.15) is 0 Å². The van der Waals surface area contributed by atoms with Gasteiger partial charge in [0.25, 0.3) is 0 Å². The Balaban J connectivity index is 1.98. The zero-order valence-corrected chi connectivity index (χ0v) is 14.1. The molecule has 0 unspecified atom stereocenters. The Labute approximate surface area is 137 Å². The number of hydrogen-bond donors (Lipinski definition) is 1. The highest BCUT2D eigenvalue weighted by molar-refractivity contribution is 5.86. The topological polar surface area (TPSA) is 34.2 Å². The standard InChI is InChI=1S/C20H23NO2/c1-13(2)12-23-20-11-16(6-8-19(20)22-4)15-5-7-18-17(10-15)9-14(3)21-18/h5-11,13,21H,12H2,1-4H3. The summed E-state index contributed by atoms with van der Waals surface area (Å²) in [6.45, 7) is 7.03. The van der Waals surface area contributed by atoms with Crippen LogP contribution in [0.3, 0.4) is 0 Å². The van der Waals surface area contributed by atoms with E-state index >= 15 is 0 Å². The summed E-state index contributed by atoms with van der Waals surface area (Å²) in [6, 6.07) is 14.7. The number of aryl methyl sites for hydroxylation is 1. The maximum Gasteiger partial charge on any atom is 0.161 e. The van der Waals surface area contributed by atoms with Gasteiger partial charge in [-0.25, -0.2) is 0 Å². The Hall–Kier alpha value is -2.42. The lowest BCUT2D eigenvalue weighted by Crippen LogP contribution is -2.05. The molecule has 1 N–H and O–H groups in total. The van der Waals surface area contributed by atoms with Gasteiger partial charge < -0.3 is 14.5 Å². The number of rotatable bonds is 5. The van der Waals surface area contributed by atoms with Gasteiger partial charge in [0.2, 0.25) is 0 Å². The fraction of sp³-hybridized carbons (Fsp3) is 0.300. The summed E-state index contributed by atoms with van der Waals surface area (Å²) in [7, 11) is 1.67. The van der Waals surface area contributed by atoms with Gasteiger partial charge in [-0.05, 0) is 54.3 Å². The molecule has 0 aliphatic rings. The molecule has 0 saturated heterocycles. The fourth-order valence-corrected chi connectivity index (χ4v) is 2.68. The van der Waals surface area contributed by atoms with Crippen molar-refractivity contribution in [3.63, 3.8) is 0 Å². The van der Waals surface area contributed by atoms with Crippen molar-refractivity contribution < 1.29 is 9.47 Å². The predicted octanol–water partition coefficient (Wildman–Crippen LogP) is 5.19. The molecule has 0 fully saturated rings. The average molecular weight is 309 g/mol. The van der Waals surface area contributed by atoms with Crippen LogP contribution in [-0.4, -0.2) is 18.7 Å². The number of benzene rings is 2. The minimum absolute atomic E-state index is 0.475. The van der Waals surface area contributed by atoms with E-state index in [2.05, 4.69) is 62.2 Å². The molecule has 1 aromatic heterocycles. The lowest BCUT2D eigenvalue weighted by atomic mass is 10.0. The molecule has 120 valence electrons. The molecule has 0 aliphatic heterocycles. The van der Waals surface area contributed by atoms with E-state index in [4.69, 9.17) is 9.47 Å². The third-order valence-corrected chi connectivity index (χ3v) is 3.82. The first-order valence-electron chi connectivity index (χ1n) is 7.97. The number of H-pyrrole nitrogens is 1. The van der Waals surface area contributed by atoms with E-state index in [1.54, 1.807) is 7.11 Å². The van der Waals surface area contributed by atoms with E-state index in [-0.39, 0.29) is 0 Å². The average Bonchev–Trinajstić information content (AvgIpc) is 2.91. The Bertz CT molecular complexity index is 818. The second kappa shape index (κ2) is 6.37. The lowest BCUT2D eigenvalue weighted by molar-refractivity contribution is 0.257. The van der Waals surface area contributed by atoms with Crippen LogP contribution in [0.1, 0.15) is 19.5 Å². The molecule has 3 rings (SSSR count). The van der Waals surface area contributed by atoms with Crippen molar-refractivity contribution >= 4 is 10.9 Å². The molecular weight excluding hydrogens is 286 g/mol. The maximum atomic E-state index is 5.91. The summed E-state index contributed by atoms with van der Waals surface area (Å²) < 4.78 is 11.3. The molecule has 0 saturated carbocycles. The first kappa shape index (κ1) is 15.5. The van der Waals surface area contributed by atoms with Gasteiger partial charge >= 0.3 is 0 Å². The largest absolute Gasteiger partial charge is 0.493 e. The highest BCUT2D eigenvalue weighted by atomic mass is 16.5. The van der Waals surface area contributed by atoms with Gasteiger partial charge in [-0.1, -0.05) is 26.0 Å². The predicted molar refractivity (Wildman–Crippen MR) is 95.4 cm³/mol. The molecule has 3 heteroatoms. The Morgan fingerprint density at radius 2 is 1.70 bits per heavy atom. The van der Waals surface area contributed by atoms with Gasteiger partial charge in [0.1, 0.15) is 0 Å². The van der Waals surface area contributed by atoms with Crippen molar-refractivity contribution in [3.05, 3.63) is 48.2 Å². The number of ether oxygens (including phenoxy) is 2. The monoisotopic (exact) mass is 309 g/mol. The molecule has 23 heavy (non-hydrogen) atoms. The number of aromatic amines is 1. The quantitative estimate of drug-likeness (QED) is 0.704. The Morgan fingerprint density at radius 1 is 0.957 bits per heavy atom. The molecule has 0 aliphatic carbocycles. The Morgan fingerprint density at radius 3 is 2.43 bits per heavy atom. The van der Waals surface area contributed by atoms with Crippen LogP contribution in [0.5, 0.6) is 11.5 Å². The van der Waals surface area contributed by atoms with Crippen LogP contribution in [0.25, 0.3) is 22.0 Å². The molecule has 2 aromatic carbocycles. The maximum absolute atomic E-state index is 5.91. The first-order valence-corrected chi connectivity index (χ1v) is 7.97. The second-order valence-corrected chi connectivity index (χ2v) is 6.32. The number of methoxy groups -OCH3 is 1. The van der Waals surface area contributed by atoms with E-state index < -0.39 is 0 Å². The molecule has 0 spiro atoms. The summed E-state index contributed by atoms with van der Waals surface area (Å²) >= 11 is 0. The van der Waals surface area contributed by atoms with Crippen LogP contribution in [0.4, 0.5) is 0 Å². The highest BCUT2D eigenvalue weighted by Crippen LogP contribution is 2.34. The van der Waals surface area contributed by atoms with Crippen molar-refractivity contribution in [2.45, 2.75) is 20.8 Å². The third kappa shape index (κ3) is 3.34. The summed E-state index contributed by atoms with van der Waals surface area (Å²) in [6.07, 6.45) is 0. The van der Waals surface area contributed by atoms with Gasteiger partial charge in [0.05, 0.1) is 13.7 Å². The molecule has 1 heterocycles. The van der Waals surface area contributed by atoms with Crippen molar-refractivity contribution in [2.24, 2.45) is 5.92 Å². The normalized spacial score (nSPS) is 11.2. The molecule has 0 amide bonds. The van der Waals surface area contributed by atoms with Crippen molar-refractivity contribution in [1.29, 1.82) is 0 Å². The van der Waals surface area contributed by atoms with Crippen LogP contribution in [0.15, 0.2) is 42.5 Å². The smallest absolute Gasteiger partial charge is 0.161 e. The second-order valence-electron chi connectivity index (χ2n) is 6.32. The van der Waals surface area contributed by atoms with Crippen LogP contribution in [-0.2, 0) is 0 Å². The van der Waals surface area contributed by atoms with E-state index in [9.17, 15) is 0 Å². The summed E-state index contributed by atoms with van der Waals surface area (Å²) in [5.74, 6) is 2.04. The van der Waals surface area contributed by atoms with E-state index in [1.165, 1.54) is 16.6 Å². The van der Waals surface area contributed by atoms with E-state index in [0.29, 0.717) is 12.5 Å². The minimum Gasteiger partial charge on any atom is -0.493 e. The van der Waals surface area contributed by atoms with Crippen LogP contribution in [0.2, 0.25) is 0 Å². The van der Waals surface area contributed by atoms with Crippen molar-refractivity contribution in [1.82, 2.24) is 4.98 Å². The number of hydrogen-bond acceptors (Lipinski definition) is 2. The molecule has 3 aromatic rings. The third-order valence-electron chi connectivity index (χ3n) is 3.82. The molecule has 0 atom stereocenters. The van der Waals surface area contributed by atoms with Gasteiger partial charge in [-0.15, -0.1) is 0 Å². The Kier molecular flexibility index (Phi) is 4.28.